The summed E-state index contributed by atoms with van der Waals surface area (Å²) in [6.07, 6.45) is 0.0610. The molecule has 0 spiro atoms. The third-order valence-electron chi connectivity index (χ3n) is 14.6. The van der Waals surface area contributed by atoms with Crippen LogP contribution in [0, 0.1) is 55.4 Å². The standard InChI is InChI=1S/C66H64O13/c1-35-22-55(67)39(5)18-51(35)64(52-19-40(6)56(68)23-36(52)2)44-14-16-59(77-32-61(71)72)47(26-44)30-49-28-46(43-12-10-9-11-13-43)29-50(66(49)79-34-63(75)76)31-48-27-45(15-17-60(48)78-33-62(73)74)65(53-20-41(7)57(69)24-37(53)3)54-21-42(8)58(70)25-38(54)4/h9-29,64-65,67-70H,30-34H2,1-8H3,(H,71,72)(H,73,74)(H,75,76). The van der Waals surface area contributed by atoms with E-state index in [9.17, 15) is 50.1 Å². The van der Waals surface area contributed by atoms with Crippen LogP contribution in [0.3, 0.4) is 0 Å². The van der Waals surface area contributed by atoms with Crippen molar-refractivity contribution in [2.24, 2.45) is 0 Å². The Morgan fingerprint density at radius 2 is 0.696 bits per heavy atom. The van der Waals surface area contributed by atoms with Crippen molar-refractivity contribution in [3.63, 3.8) is 0 Å². The normalized spacial score (nSPS) is 11.3. The van der Waals surface area contributed by atoms with E-state index in [0.717, 1.165) is 66.8 Å². The molecule has 0 aromatic heterocycles. The predicted molar refractivity (Wildman–Crippen MR) is 302 cm³/mol. The minimum absolute atomic E-state index is 0.0305. The quantitative estimate of drug-likeness (QED) is 0.0354. The monoisotopic (exact) mass is 1060 g/mol. The van der Waals surface area contributed by atoms with Gasteiger partial charge in [0, 0.05) is 24.7 Å². The van der Waals surface area contributed by atoms with Crippen LogP contribution in [0.25, 0.3) is 11.1 Å². The van der Waals surface area contributed by atoms with Gasteiger partial charge in [0.1, 0.15) is 40.2 Å². The van der Waals surface area contributed by atoms with Gasteiger partial charge >= 0.3 is 17.9 Å². The second kappa shape index (κ2) is 23.6. The molecule has 0 saturated carbocycles. The average Bonchev–Trinajstić information content (AvgIpc) is 3.52. The lowest BCUT2D eigenvalue weighted by Gasteiger charge is -2.26. The first-order valence-corrected chi connectivity index (χ1v) is 25.8. The van der Waals surface area contributed by atoms with E-state index < -0.39 is 49.6 Å². The number of aromatic hydroxyl groups is 4. The molecule has 7 N–H and O–H groups in total. The summed E-state index contributed by atoms with van der Waals surface area (Å²) in [4.78, 5) is 36.8. The number of carboxylic acids is 3. The Labute approximate surface area is 459 Å². The van der Waals surface area contributed by atoms with Crippen LogP contribution in [0.5, 0.6) is 40.2 Å². The maximum Gasteiger partial charge on any atom is 0.341 e. The van der Waals surface area contributed by atoms with Crippen LogP contribution in [0.2, 0.25) is 0 Å². The number of aryl methyl sites for hydroxylation is 8. The summed E-state index contributed by atoms with van der Waals surface area (Å²) >= 11 is 0. The van der Waals surface area contributed by atoms with Gasteiger partial charge in [-0.05, 0) is 215 Å². The van der Waals surface area contributed by atoms with Crippen molar-refractivity contribution in [1.82, 2.24) is 0 Å². The van der Waals surface area contributed by atoms with Crippen molar-refractivity contribution in [1.29, 1.82) is 0 Å². The molecule has 8 aromatic rings. The maximum absolute atomic E-state index is 12.5. The average molecular weight is 1070 g/mol. The zero-order valence-corrected chi connectivity index (χ0v) is 45.4. The van der Waals surface area contributed by atoms with E-state index in [0.29, 0.717) is 44.5 Å². The highest BCUT2D eigenvalue weighted by Crippen LogP contribution is 2.45. The molecular weight excluding hydrogens is 1000 g/mol. The molecule has 0 radical (unpaired) electrons. The zero-order valence-electron chi connectivity index (χ0n) is 45.4. The third kappa shape index (κ3) is 12.6. The molecule has 8 rings (SSSR count). The number of carboxylic acid groups (broad SMARTS) is 3. The van der Waals surface area contributed by atoms with Gasteiger partial charge in [-0.2, -0.15) is 0 Å². The van der Waals surface area contributed by atoms with Crippen molar-refractivity contribution in [3.8, 4) is 51.4 Å². The molecule has 0 aliphatic heterocycles. The van der Waals surface area contributed by atoms with Gasteiger partial charge in [0.15, 0.2) is 19.8 Å². The van der Waals surface area contributed by atoms with Crippen LogP contribution in [-0.2, 0) is 27.2 Å². The molecule has 406 valence electrons. The minimum atomic E-state index is -1.24. The highest BCUT2D eigenvalue weighted by Gasteiger charge is 2.28. The summed E-state index contributed by atoms with van der Waals surface area (Å²) in [5.41, 5.74) is 14.6. The minimum Gasteiger partial charge on any atom is -0.508 e. The Bertz CT molecular complexity index is 3330. The molecule has 0 atom stereocenters. The van der Waals surface area contributed by atoms with E-state index >= 15 is 0 Å². The molecule has 0 aliphatic carbocycles. The van der Waals surface area contributed by atoms with Crippen LogP contribution in [0.15, 0.2) is 127 Å². The number of carbonyl (C=O) groups is 3. The van der Waals surface area contributed by atoms with Gasteiger partial charge in [-0.25, -0.2) is 14.4 Å². The zero-order chi connectivity index (χ0) is 57.0. The van der Waals surface area contributed by atoms with Crippen molar-refractivity contribution in [2.45, 2.75) is 80.1 Å². The van der Waals surface area contributed by atoms with Gasteiger partial charge in [0.25, 0.3) is 0 Å². The summed E-state index contributed by atoms with van der Waals surface area (Å²) in [6.45, 7) is 12.9. The Kier molecular flexibility index (Phi) is 16.7. The highest BCUT2D eigenvalue weighted by molar-refractivity contribution is 5.72. The van der Waals surface area contributed by atoms with E-state index in [1.54, 1.807) is 36.4 Å². The lowest BCUT2D eigenvalue weighted by molar-refractivity contribution is -0.140. The molecule has 79 heavy (non-hydrogen) atoms. The Morgan fingerprint density at radius 3 is 1.03 bits per heavy atom. The second-order valence-electron chi connectivity index (χ2n) is 20.5. The van der Waals surface area contributed by atoms with Crippen molar-refractivity contribution >= 4 is 17.9 Å². The number of phenols is 4. The maximum atomic E-state index is 12.5. The molecule has 0 amide bonds. The molecule has 0 saturated heterocycles. The lowest BCUT2D eigenvalue weighted by Crippen LogP contribution is -2.15. The number of hydrogen-bond acceptors (Lipinski definition) is 10. The molecule has 8 aromatic carbocycles. The molecule has 0 unspecified atom stereocenters. The topological polar surface area (TPSA) is 221 Å². The molecule has 0 bridgehead atoms. The van der Waals surface area contributed by atoms with Gasteiger partial charge < -0.3 is 50.0 Å². The fourth-order valence-corrected chi connectivity index (χ4v) is 10.5. The van der Waals surface area contributed by atoms with Crippen LogP contribution in [0.1, 0.15) is 112 Å². The molecule has 0 aliphatic rings. The highest BCUT2D eigenvalue weighted by atomic mass is 16.5. The first-order chi connectivity index (χ1) is 37.6. The van der Waals surface area contributed by atoms with Crippen molar-refractivity contribution in [2.75, 3.05) is 19.8 Å². The van der Waals surface area contributed by atoms with Gasteiger partial charge in [0.05, 0.1) is 0 Å². The molecule has 13 heteroatoms. The SMILES string of the molecule is Cc1cc(C(c2ccc(OCC(=O)O)c(Cc3cc(-c4ccccc4)cc(Cc4cc(C(c5cc(C)c(O)cc5C)c5cc(C)c(O)cc5C)ccc4OCC(=O)O)c3OCC(=O)O)c2)c2cc(C)c(O)cc2C)c(C)cc1O. The number of aliphatic carboxylic acids is 3. The second-order valence-corrected chi connectivity index (χ2v) is 20.5. The van der Waals surface area contributed by atoms with Crippen LogP contribution in [0.4, 0.5) is 0 Å². The van der Waals surface area contributed by atoms with Crippen molar-refractivity contribution in [3.05, 3.63) is 228 Å². The van der Waals surface area contributed by atoms with Crippen LogP contribution in [-0.4, -0.2) is 73.5 Å². The largest absolute Gasteiger partial charge is 0.508 e. The summed E-state index contributed by atoms with van der Waals surface area (Å²) in [7, 11) is 0. The predicted octanol–water partition coefficient (Wildman–Crippen LogP) is 12.6. The number of rotatable bonds is 20. The molecular formula is C66H64O13. The summed E-state index contributed by atoms with van der Waals surface area (Å²) in [5, 5.41) is 73.3. The summed E-state index contributed by atoms with van der Waals surface area (Å²) < 4.78 is 18.4. The lowest BCUT2D eigenvalue weighted by atomic mass is 9.79. The third-order valence-corrected chi connectivity index (χ3v) is 14.6. The number of ether oxygens (including phenoxy) is 3. The van der Waals surface area contributed by atoms with Gasteiger partial charge in [-0.3, -0.25) is 0 Å². The number of hydrogen-bond donors (Lipinski definition) is 7. The molecule has 0 heterocycles. The fraction of sp³-hybridized carbons (Fsp3) is 0.227. The number of benzene rings is 8. The Morgan fingerprint density at radius 1 is 0.367 bits per heavy atom. The summed E-state index contributed by atoms with van der Waals surface area (Å²) in [6, 6.07) is 39.0. The van der Waals surface area contributed by atoms with Crippen LogP contribution >= 0.6 is 0 Å². The molecule has 13 nitrogen and oxygen atoms in total. The van der Waals surface area contributed by atoms with E-state index in [4.69, 9.17) is 14.2 Å². The van der Waals surface area contributed by atoms with Crippen molar-refractivity contribution < 1.29 is 64.3 Å². The van der Waals surface area contributed by atoms with Gasteiger partial charge in [-0.1, -0.05) is 78.9 Å². The van der Waals surface area contributed by atoms with E-state index in [1.807, 2.05) is 146 Å². The van der Waals surface area contributed by atoms with Gasteiger partial charge in [0.2, 0.25) is 0 Å². The molecule has 0 fully saturated rings. The van der Waals surface area contributed by atoms with E-state index in [1.165, 1.54) is 0 Å². The smallest absolute Gasteiger partial charge is 0.341 e. The first-order valence-electron chi connectivity index (χ1n) is 25.8. The Balaban J connectivity index is 1.38. The Hall–Kier alpha value is -9.23. The van der Waals surface area contributed by atoms with E-state index in [2.05, 4.69) is 0 Å². The summed E-state index contributed by atoms with van der Waals surface area (Å²) in [5.74, 6) is -3.32. The first kappa shape index (κ1) is 56.0. The number of phenolic OH excluding ortho intramolecular Hbond substituents is 4. The fourth-order valence-electron chi connectivity index (χ4n) is 10.5. The van der Waals surface area contributed by atoms with Gasteiger partial charge in [-0.15, -0.1) is 0 Å². The van der Waals surface area contributed by atoms with E-state index in [-0.39, 0.29) is 53.1 Å². The van der Waals surface area contributed by atoms with Crippen LogP contribution < -0.4 is 14.2 Å².